The molecule has 0 aliphatic carbocycles. The summed E-state index contributed by atoms with van der Waals surface area (Å²) < 4.78 is 4.77. The Morgan fingerprint density at radius 1 is 1.31 bits per heavy atom. The Morgan fingerprint density at radius 2 is 1.88 bits per heavy atom. The molecule has 0 aliphatic heterocycles. The predicted octanol–water partition coefficient (Wildman–Crippen LogP) is 0.497. The topological polar surface area (TPSA) is 72.6 Å². The van der Waals surface area contributed by atoms with E-state index < -0.39 is 17.8 Å². The van der Waals surface area contributed by atoms with Gasteiger partial charge in [-0.15, -0.1) is 0 Å². The predicted molar refractivity (Wildman–Crippen MR) is 59.6 cm³/mol. The van der Waals surface area contributed by atoms with Crippen LogP contribution < -0.4 is 10.9 Å². The average Bonchev–Trinajstić information content (AvgIpc) is 2.36. The van der Waals surface area contributed by atoms with Crippen molar-refractivity contribution in [2.75, 3.05) is 12.1 Å². The lowest BCUT2D eigenvalue weighted by Gasteiger charge is -2.17. The van der Waals surface area contributed by atoms with Gasteiger partial charge in [-0.3, -0.25) is 9.59 Å². The quantitative estimate of drug-likeness (QED) is 0.348. The smallest absolute Gasteiger partial charge is 0.311 e. The summed E-state index contributed by atoms with van der Waals surface area (Å²) in [5.74, 6) is 4.08. The van der Waals surface area contributed by atoms with Gasteiger partial charge in [0.25, 0.3) is 0 Å². The third-order valence-corrected chi connectivity index (χ3v) is 2.19. The van der Waals surface area contributed by atoms with Crippen molar-refractivity contribution in [3.63, 3.8) is 0 Å². The Balaban J connectivity index is 2.79. The number of rotatable bonds is 4. The number of ketones is 1. The number of anilines is 1. The van der Waals surface area contributed by atoms with Crippen molar-refractivity contribution in [3.8, 4) is 0 Å². The van der Waals surface area contributed by atoms with Gasteiger partial charge in [-0.1, -0.05) is 18.2 Å². The van der Waals surface area contributed by atoms with Crippen LogP contribution in [-0.4, -0.2) is 24.9 Å². The third-order valence-electron chi connectivity index (χ3n) is 2.19. The molecule has 16 heavy (non-hydrogen) atoms. The molecule has 0 fully saturated rings. The van der Waals surface area contributed by atoms with Crippen LogP contribution in [0.25, 0.3) is 0 Å². The zero-order valence-corrected chi connectivity index (χ0v) is 9.21. The number of amides is 1. The monoisotopic (exact) mass is 222 g/mol. The zero-order chi connectivity index (χ0) is 12.1. The normalized spacial score (nSPS) is 11.9. The second-order valence-electron chi connectivity index (χ2n) is 3.25. The van der Waals surface area contributed by atoms with E-state index in [4.69, 9.17) is 10.6 Å². The highest BCUT2D eigenvalue weighted by Gasteiger charge is 2.25. The van der Waals surface area contributed by atoms with E-state index in [1.807, 2.05) is 0 Å². The number of carbonyl (C=O) groups is 2. The van der Waals surface area contributed by atoms with Crippen molar-refractivity contribution in [1.29, 1.82) is 0 Å². The van der Waals surface area contributed by atoms with Crippen molar-refractivity contribution in [3.05, 3.63) is 30.3 Å². The molecule has 0 aliphatic rings. The molecule has 0 aromatic heterocycles. The van der Waals surface area contributed by atoms with Crippen LogP contribution in [0.3, 0.4) is 0 Å². The van der Waals surface area contributed by atoms with E-state index in [-0.39, 0.29) is 0 Å². The first-order valence-electron chi connectivity index (χ1n) is 4.78. The molecule has 1 aromatic carbocycles. The van der Waals surface area contributed by atoms with Crippen LogP contribution in [-0.2, 0) is 14.3 Å². The molecule has 0 radical (unpaired) electrons. The summed E-state index contributed by atoms with van der Waals surface area (Å²) in [5, 5.41) is 0.817. The van der Waals surface area contributed by atoms with Gasteiger partial charge >= 0.3 is 5.91 Å². The fourth-order valence-electron chi connectivity index (χ4n) is 1.11. The van der Waals surface area contributed by atoms with Crippen LogP contribution >= 0.6 is 0 Å². The first-order chi connectivity index (χ1) is 7.57. The average molecular weight is 222 g/mol. The number of benzene rings is 1. The lowest BCUT2D eigenvalue weighted by Crippen LogP contribution is -2.45. The van der Waals surface area contributed by atoms with Gasteiger partial charge in [0.2, 0.25) is 5.78 Å². The molecule has 5 heteroatoms. The van der Waals surface area contributed by atoms with Gasteiger partial charge in [0.05, 0.1) is 5.69 Å². The van der Waals surface area contributed by atoms with Gasteiger partial charge in [-0.2, -0.15) is 0 Å². The molecule has 1 unspecified atom stereocenters. The van der Waals surface area contributed by atoms with Crippen molar-refractivity contribution >= 4 is 17.4 Å². The molecule has 2 N–H and O–H groups in total. The Bertz CT molecular complexity index is 378. The van der Waals surface area contributed by atoms with Crippen molar-refractivity contribution < 1.29 is 14.3 Å². The van der Waals surface area contributed by atoms with Crippen molar-refractivity contribution in [1.82, 2.24) is 0 Å². The number of Topliss-reactive ketones (excluding diaryl/α,β-unsaturated/α-hetero) is 1. The zero-order valence-electron chi connectivity index (χ0n) is 9.21. The lowest BCUT2D eigenvalue weighted by molar-refractivity contribution is -0.141. The maximum atomic E-state index is 11.6. The fraction of sp³-hybridized carbons (Fsp3) is 0.273. The summed E-state index contributed by atoms with van der Waals surface area (Å²) in [6.07, 6.45) is -0.790. The third kappa shape index (κ3) is 2.65. The van der Waals surface area contributed by atoms with Crippen LogP contribution in [0.1, 0.15) is 6.92 Å². The number of hydrogen-bond acceptors (Lipinski definition) is 4. The standard InChI is InChI=1S/C11H14N2O3/c1-8(16-2)10(14)11(15)13(12)9-6-4-3-5-7-9/h3-8H,12H2,1-2H3. The summed E-state index contributed by atoms with van der Waals surface area (Å²) in [4.78, 5) is 23.1. The molecular weight excluding hydrogens is 208 g/mol. The minimum absolute atomic E-state index is 0.462. The number of hydrogen-bond donors (Lipinski definition) is 1. The molecule has 0 spiro atoms. The summed E-state index contributed by atoms with van der Waals surface area (Å²) in [5.41, 5.74) is 0.462. The molecule has 0 bridgehead atoms. The van der Waals surface area contributed by atoms with Gasteiger partial charge in [0.15, 0.2) is 0 Å². The van der Waals surface area contributed by atoms with E-state index in [9.17, 15) is 9.59 Å². The van der Waals surface area contributed by atoms with E-state index in [0.717, 1.165) is 5.01 Å². The van der Waals surface area contributed by atoms with Crippen LogP contribution in [0.4, 0.5) is 5.69 Å². The Kier molecular flexibility index (Phi) is 4.16. The molecule has 5 nitrogen and oxygen atoms in total. The largest absolute Gasteiger partial charge is 0.373 e. The number of carbonyl (C=O) groups excluding carboxylic acids is 2. The van der Waals surface area contributed by atoms with E-state index in [1.165, 1.54) is 14.0 Å². The number of nitrogens with zero attached hydrogens (tertiary/aromatic N) is 1. The van der Waals surface area contributed by atoms with Gasteiger partial charge < -0.3 is 4.74 Å². The first-order valence-corrected chi connectivity index (χ1v) is 4.78. The maximum absolute atomic E-state index is 11.6. The number of ether oxygens (including phenoxy) is 1. The molecule has 0 saturated carbocycles. The summed E-state index contributed by atoms with van der Waals surface area (Å²) in [7, 11) is 1.36. The minimum Gasteiger partial charge on any atom is -0.373 e. The van der Waals surface area contributed by atoms with Crippen LogP contribution in [0.2, 0.25) is 0 Å². The summed E-state index contributed by atoms with van der Waals surface area (Å²) in [6.45, 7) is 1.50. The minimum atomic E-state index is -0.791. The van der Waals surface area contributed by atoms with Gasteiger partial charge in [0, 0.05) is 7.11 Å². The van der Waals surface area contributed by atoms with Gasteiger partial charge in [-0.25, -0.2) is 10.9 Å². The van der Waals surface area contributed by atoms with E-state index >= 15 is 0 Å². The summed E-state index contributed by atoms with van der Waals surface area (Å²) >= 11 is 0. The lowest BCUT2D eigenvalue weighted by atomic mass is 10.2. The molecule has 86 valence electrons. The highest BCUT2D eigenvalue weighted by molar-refractivity contribution is 6.42. The first kappa shape index (κ1) is 12.4. The van der Waals surface area contributed by atoms with Crippen LogP contribution in [0.5, 0.6) is 0 Å². The molecule has 1 atom stereocenters. The molecule has 1 amide bonds. The molecule has 0 heterocycles. The number of nitrogens with two attached hydrogens (primary N) is 1. The molecular formula is C11H14N2O3. The molecule has 1 rings (SSSR count). The highest BCUT2D eigenvalue weighted by Crippen LogP contribution is 2.10. The Hall–Kier alpha value is -1.72. The summed E-state index contributed by atoms with van der Waals surface area (Å²) in [6, 6.07) is 8.53. The second-order valence-corrected chi connectivity index (χ2v) is 3.25. The fourth-order valence-corrected chi connectivity index (χ4v) is 1.11. The number of para-hydroxylation sites is 1. The SMILES string of the molecule is COC(C)C(=O)C(=O)N(N)c1ccccc1. The van der Waals surface area contributed by atoms with Crippen molar-refractivity contribution in [2.24, 2.45) is 5.84 Å². The highest BCUT2D eigenvalue weighted by atomic mass is 16.5. The Morgan fingerprint density at radius 3 is 2.38 bits per heavy atom. The van der Waals surface area contributed by atoms with Crippen LogP contribution in [0, 0.1) is 0 Å². The number of hydrazine groups is 1. The van der Waals surface area contributed by atoms with E-state index in [1.54, 1.807) is 30.3 Å². The molecule has 1 aromatic rings. The van der Waals surface area contributed by atoms with Crippen LogP contribution in [0.15, 0.2) is 30.3 Å². The van der Waals surface area contributed by atoms with Crippen molar-refractivity contribution in [2.45, 2.75) is 13.0 Å². The number of methoxy groups -OCH3 is 1. The Labute approximate surface area is 93.8 Å². The van der Waals surface area contributed by atoms with E-state index in [0.29, 0.717) is 5.69 Å². The van der Waals surface area contributed by atoms with Gasteiger partial charge in [-0.05, 0) is 19.1 Å². The maximum Gasteiger partial charge on any atom is 0.311 e. The van der Waals surface area contributed by atoms with Gasteiger partial charge in [0.1, 0.15) is 6.10 Å². The molecule has 0 saturated heterocycles. The van der Waals surface area contributed by atoms with E-state index in [2.05, 4.69) is 0 Å². The second kappa shape index (κ2) is 5.39.